The quantitative estimate of drug-likeness (QED) is 0.465. The first kappa shape index (κ1) is 18.7. The van der Waals surface area contributed by atoms with Crippen molar-refractivity contribution in [2.75, 3.05) is 12.4 Å². The first-order valence-electron chi connectivity index (χ1n) is 9.50. The number of nitrogens with zero attached hydrogens (tertiary/aromatic N) is 1. The minimum Gasteiger partial charge on any atom is -0.495 e. The molecule has 0 saturated heterocycles. The topological polar surface area (TPSA) is 64.4 Å². The van der Waals surface area contributed by atoms with E-state index in [1.807, 2.05) is 36.4 Å². The lowest BCUT2D eigenvalue weighted by molar-refractivity contribution is 0.102. The summed E-state index contributed by atoms with van der Waals surface area (Å²) < 4.78 is 11.4. The number of amides is 1. The van der Waals surface area contributed by atoms with E-state index in [-0.39, 0.29) is 5.91 Å². The van der Waals surface area contributed by atoms with Crippen molar-refractivity contribution in [3.63, 3.8) is 0 Å². The zero-order valence-corrected chi connectivity index (χ0v) is 16.6. The fourth-order valence-corrected chi connectivity index (χ4v) is 3.15. The SMILES string of the molecule is COc1ccc(-c2nc3cc(C(C)C)ccc3o2)cc1NC(=O)c1ccccc1. The summed E-state index contributed by atoms with van der Waals surface area (Å²) in [5.41, 5.74) is 4.65. The molecule has 4 rings (SSSR count). The maximum Gasteiger partial charge on any atom is 0.255 e. The number of nitrogens with one attached hydrogen (secondary N) is 1. The van der Waals surface area contributed by atoms with Gasteiger partial charge in [0.15, 0.2) is 5.58 Å². The number of rotatable bonds is 5. The van der Waals surface area contributed by atoms with E-state index in [0.717, 1.165) is 16.7 Å². The fraction of sp³-hybridized carbons (Fsp3) is 0.167. The molecule has 0 aliphatic rings. The molecule has 3 aromatic carbocycles. The second-order valence-corrected chi connectivity index (χ2v) is 7.14. The molecule has 0 spiro atoms. The van der Waals surface area contributed by atoms with E-state index >= 15 is 0 Å². The number of carbonyl (C=O) groups is 1. The second kappa shape index (κ2) is 7.80. The van der Waals surface area contributed by atoms with Crippen LogP contribution in [0.2, 0.25) is 0 Å². The number of carbonyl (C=O) groups excluding carboxylic acids is 1. The summed E-state index contributed by atoms with van der Waals surface area (Å²) in [5.74, 6) is 1.27. The largest absolute Gasteiger partial charge is 0.495 e. The minimum absolute atomic E-state index is 0.208. The number of aromatic nitrogens is 1. The molecule has 29 heavy (non-hydrogen) atoms. The third-order valence-corrected chi connectivity index (χ3v) is 4.81. The molecule has 5 nitrogen and oxygen atoms in total. The summed E-state index contributed by atoms with van der Waals surface area (Å²) in [6, 6.07) is 20.6. The van der Waals surface area contributed by atoms with Crippen LogP contribution in [-0.2, 0) is 0 Å². The Hall–Kier alpha value is -3.60. The van der Waals surface area contributed by atoms with Crippen molar-refractivity contribution < 1.29 is 13.9 Å². The lowest BCUT2D eigenvalue weighted by Crippen LogP contribution is -2.12. The van der Waals surface area contributed by atoms with Gasteiger partial charge < -0.3 is 14.5 Å². The van der Waals surface area contributed by atoms with E-state index in [2.05, 4.69) is 36.3 Å². The number of fused-ring (bicyclic) bond motifs is 1. The van der Waals surface area contributed by atoms with Crippen LogP contribution in [0.3, 0.4) is 0 Å². The summed E-state index contributed by atoms with van der Waals surface area (Å²) in [7, 11) is 1.57. The smallest absolute Gasteiger partial charge is 0.255 e. The van der Waals surface area contributed by atoms with Crippen LogP contribution < -0.4 is 10.1 Å². The first-order chi connectivity index (χ1) is 14.0. The van der Waals surface area contributed by atoms with Crippen LogP contribution in [0.5, 0.6) is 5.75 Å². The van der Waals surface area contributed by atoms with E-state index in [4.69, 9.17) is 9.15 Å². The third kappa shape index (κ3) is 3.85. The van der Waals surface area contributed by atoms with Gasteiger partial charge in [0.2, 0.25) is 5.89 Å². The molecule has 1 heterocycles. The van der Waals surface area contributed by atoms with Crippen LogP contribution in [0.25, 0.3) is 22.6 Å². The summed E-state index contributed by atoms with van der Waals surface area (Å²) in [6.07, 6.45) is 0. The molecule has 0 fully saturated rings. The van der Waals surface area contributed by atoms with E-state index < -0.39 is 0 Å². The van der Waals surface area contributed by atoms with Crippen molar-refractivity contribution in [2.45, 2.75) is 19.8 Å². The highest BCUT2D eigenvalue weighted by Crippen LogP contribution is 2.33. The fourth-order valence-electron chi connectivity index (χ4n) is 3.15. The van der Waals surface area contributed by atoms with Gasteiger partial charge in [-0.25, -0.2) is 4.98 Å². The molecule has 0 unspecified atom stereocenters. The number of hydrogen-bond donors (Lipinski definition) is 1. The van der Waals surface area contributed by atoms with Gasteiger partial charge in [-0.2, -0.15) is 0 Å². The summed E-state index contributed by atoms with van der Waals surface area (Å²) in [4.78, 5) is 17.2. The molecule has 5 heteroatoms. The highest BCUT2D eigenvalue weighted by Gasteiger charge is 2.15. The number of hydrogen-bond acceptors (Lipinski definition) is 4. The summed E-state index contributed by atoms with van der Waals surface area (Å²) >= 11 is 0. The second-order valence-electron chi connectivity index (χ2n) is 7.14. The van der Waals surface area contributed by atoms with Gasteiger partial charge in [0.25, 0.3) is 5.91 Å². The molecule has 0 aliphatic carbocycles. The van der Waals surface area contributed by atoms with Gasteiger partial charge in [-0.3, -0.25) is 4.79 Å². The Morgan fingerprint density at radius 1 is 1.03 bits per heavy atom. The molecule has 0 aliphatic heterocycles. The number of methoxy groups -OCH3 is 1. The molecule has 1 amide bonds. The average molecular weight is 386 g/mol. The first-order valence-corrected chi connectivity index (χ1v) is 9.50. The van der Waals surface area contributed by atoms with Gasteiger partial charge in [0.1, 0.15) is 11.3 Å². The Balaban J connectivity index is 1.69. The van der Waals surface area contributed by atoms with Crippen molar-refractivity contribution in [2.24, 2.45) is 0 Å². The lowest BCUT2D eigenvalue weighted by atomic mass is 10.0. The van der Waals surface area contributed by atoms with Crippen molar-refractivity contribution in [1.82, 2.24) is 4.98 Å². The number of benzene rings is 3. The molecule has 0 bridgehead atoms. The van der Waals surface area contributed by atoms with Gasteiger partial charge in [0.05, 0.1) is 12.8 Å². The molecule has 1 N–H and O–H groups in total. The Bertz CT molecular complexity index is 1160. The molecule has 1 aromatic heterocycles. The Morgan fingerprint density at radius 3 is 2.55 bits per heavy atom. The molecule has 146 valence electrons. The van der Waals surface area contributed by atoms with Crippen molar-refractivity contribution >= 4 is 22.7 Å². The molecule has 4 aromatic rings. The van der Waals surface area contributed by atoms with Crippen LogP contribution in [0, 0.1) is 0 Å². The maximum atomic E-state index is 12.6. The van der Waals surface area contributed by atoms with E-state index in [1.165, 1.54) is 5.56 Å². The molecule has 0 saturated carbocycles. The standard InChI is InChI=1S/C24H22N2O3/c1-15(2)17-9-12-22-20(13-17)26-24(29-22)18-10-11-21(28-3)19(14-18)25-23(27)16-7-5-4-6-8-16/h4-15H,1-3H3,(H,25,27). The van der Waals surface area contributed by atoms with Crippen molar-refractivity contribution in [3.8, 4) is 17.2 Å². The molecular weight excluding hydrogens is 364 g/mol. The van der Waals surface area contributed by atoms with Crippen LogP contribution in [-0.4, -0.2) is 18.0 Å². The van der Waals surface area contributed by atoms with Gasteiger partial charge in [-0.1, -0.05) is 38.1 Å². The normalized spacial score (nSPS) is 11.0. The van der Waals surface area contributed by atoms with Crippen LogP contribution in [0.4, 0.5) is 5.69 Å². The minimum atomic E-state index is -0.208. The van der Waals surface area contributed by atoms with Gasteiger partial charge in [0, 0.05) is 11.1 Å². The number of ether oxygens (including phenoxy) is 1. The van der Waals surface area contributed by atoms with Crippen LogP contribution >= 0.6 is 0 Å². The highest BCUT2D eigenvalue weighted by atomic mass is 16.5. The van der Waals surface area contributed by atoms with Crippen LogP contribution in [0.1, 0.15) is 35.7 Å². The predicted molar refractivity (Wildman–Crippen MR) is 114 cm³/mol. The zero-order valence-electron chi connectivity index (χ0n) is 16.6. The Labute approximate surface area is 169 Å². The third-order valence-electron chi connectivity index (χ3n) is 4.81. The van der Waals surface area contributed by atoms with Crippen LogP contribution in [0.15, 0.2) is 71.1 Å². The molecule has 0 radical (unpaired) electrons. The maximum absolute atomic E-state index is 12.6. The van der Waals surface area contributed by atoms with E-state index in [9.17, 15) is 4.79 Å². The van der Waals surface area contributed by atoms with Gasteiger partial charge >= 0.3 is 0 Å². The lowest BCUT2D eigenvalue weighted by Gasteiger charge is -2.11. The molecule has 0 atom stereocenters. The Kier molecular flexibility index (Phi) is 5.04. The molecular formula is C24H22N2O3. The monoisotopic (exact) mass is 386 g/mol. The van der Waals surface area contributed by atoms with Gasteiger partial charge in [-0.15, -0.1) is 0 Å². The Morgan fingerprint density at radius 2 is 1.83 bits per heavy atom. The number of anilines is 1. The zero-order chi connectivity index (χ0) is 20.4. The van der Waals surface area contributed by atoms with Crippen molar-refractivity contribution in [1.29, 1.82) is 0 Å². The summed E-state index contributed by atoms with van der Waals surface area (Å²) in [5, 5.41) is 2.91. The predicted octanol–water partition coefficient (Wildman–Crippen LogP) is 5.88. The van der Waals surface area contributed by atoms with Gasteiger partial charge in [-0.05, 0) is 53.9 Å². The van der Waals surface area contributed by atoms with E-state index in [0.29, 0.717) is 28.8 Å². The average Bonchev–Trinajstić information content (AvgIpc) is 3.17. The van der Waals surface area contributed by atoms with E-state index in [1.54, 1.807) is 25.3 Å². The highest BCUT2D eigenvalue weighted by molar-refractivity contribution is 6.05. The summed E-state index contributed by atoms with van der Waals surface area (Å²) in [6.45, 7) is 4.29. The van der Waals surface area contributed by atoms with Crippen molar-refractivity contribution in [3.05, 3.63) is 77.9 Å². The number of oxazole rings is 1.